The summed E-state index contributed by atoms with van der Waals surface area (Å²) >= 11 is 0. The molecule has 15 heavy (non-hydrogen) atoms. The van der Waals surface area contributed by atoms with Crippen molar-refractivity contribution in [2.75, 3.05) is 5.73 Å². The van der Waals surface area contributed by atoms with Crippen LogP contribution in [-0.4, -0.2) is 10.1 Å². The molecule has 0 amide bonds. The Morgan fingerprint density at radius 2 is 2.13 bits per heavy atom. The lowest BCUT2D eigenvalue weighted by Gasteiger charge is -1.99. The van der Waals surface area contributed by atoms with Crippen LogP contribution in [0.1, 0.15) is 0 Å². The lowest BCUT2D eigenvalue weighted by Crippen LogP contribution is -1.87. The van der Waals surface area contributed by atoms with Gasteiger partial charge in [-0.2, -0.15) is 0 Å². The van der Waals surface area contributed by atoms with Crippen LogP contribution in [0.4, 0.5) is 5.82 Å². The smallest absolute Gasteiger partial charge is 0.174 e. The van der Waals surface area contributed by atoms with E-state index in [4.69, 9.17) is 10.3 Å². The highest BCUT2D eigenvalue weighted by atomic mass is 16.5. The summed E-state index contributed by atoms with van der Waals surface area (Å²) in [7, 11) is 0. The second-order valence-electron chi connectivity index (χ2n) is 3.36. The number of fused-ring (bicyclic) bond motifs is 1. The van der Waals surface area contributed by atoms with Crippen LogP contribution in [0.2, 0.25) is 0 Å². The highest BCUT2D eigenvalue weighted by Crippen LogP contribution is 2.31. The minimum Gasteiger partial charge on any atom is -0.380 e. The molecule has 0 bridgehead atoms. The van der Waals surface area contributed by atoms with E-state index >= 15 is 0 Å². The molecular formula is C11H9N3O. The maximum Gasteiger partial charge on any atom is 0.174 e. The number of nitrogens with zero attached hydrogens (tertiary/aromatic N) is 1. The summed E-state index contributed by atoms with van der Waals surface area (Å²) in [5.41, 5.74) is 8.66. The first-order valence-electron chi connectivity index (χ1n) is 4.62. The van der Waals surface area contributed by atoms with Crippen LogP contribution in [0.5, 0.6) is 0 Å². The molecular weight excluding hydrogens is 190 g/mol. The van der Waals surface area contributed by atoms with Crippen molar-refractivity contribution in [1.29, 1.82) is 0 Å². The van der Waals surface area contributed by atoms with E-state index in [1.54, 1.807) is 6.26 Å². The number of rotatable bonds is 1. The number of hydrogen-bond donors (Lipinski definition) is 2. The van der Waals surface area contributed by atoms with Gasteiger partial charge in [-0.15, -0.1) is 0 Å². The summed E-state index contributed by atoms with van der Waals surface area (Å²) < 4.78 is 4.84. The molecule has 3 N–H and O–H groups in total. The molecule has 74 valence electrons. The van der Waals surface area contributed by atoms with Gasteiger partial charge in [0.2, 0.25) is 0 Å². The standard InChI is InChI=1S/C11H9N3O/c12-11-9(6-15-14-11)7-2-1-3-10-8(7)4-5-13-10/h1-6,13H,(H2,12,14). The summed E-state index contributed by atoms with van der Waals surface area (Å²) in [6.45, 7) is 0. The van der Waals surface area contributed by atoms with E-state index in [1.807, 2.05) is 30.5 Å². The highest BCUT2D eigenvalue weighted by Gasteiger charge is 2.10. The molecule has 0 radical (unpaired) electrons. The fourth-order valence-corrected chi connectivity index (χ4v) is 1.77. The molecule has 3 rings (SSSR count). The van der Waals surface area contributed by atoms with Crippen LogP contribution in [0.3, 0.4) is 0 Å². The third-order valence-corrected chi connectivity index (χ3v) is 2.48. The third kappa shape index (κ3) is 1.11. The highest BCUT2D eigenvalue weighted by molar-refractivity contribution is 5.97. The van der Waals surface area contributed by atoms with E-state index in [0.29, 0.717) is 5.82 Å². The third-order valence-electron chi connectivity index (χ3n) is 2.48. The van der Waals surface area contributed by atoms with Gasteiger partial charge in [0.1, 0.15) is 6.26 Å². The van der Waals surface area contributed by atoms with E-state index in [-0.39, 0.29) is 0 Å². The van der Waals surface area contributed by atoms with Crippen LogP contribution in [-0.2, 0) is 0 Å². The van der Waals surface area contributed by atoms with Gasteiger partial charge in [-0.05, 0) is 17.7 Å². The van der Waals surface area contributed by atoms with Crippen LogP contribution in [0, 0.1) is 0 Å². The molecule has 0 aliphatic rings. The van der Waals surface area contributed by atoms with E-state index in [9.17, 15) is 0 Å². The summed E-state index contributed by atoms with van der Waals surface area (Å²) in [6.07, 6.45) is 3.47. The molecule has 4 heteroatoms. The van der Waals surface area contributed by atoms with Crippen LogP contribution < -0.4 is 5.73 Å². The fraction of sp³-hybridized carbons (Fsp3) is 0. The predicted molar refractivity (Wildman–Crippen MR) is 58.2 cm³/mol. The quantitative estimate of drug-likeness (QED) is 0.632. The number of aromatic amines is 1. The summed E-state index contributed by atoms with van der Waals surface area (Å²) in [5.74, 6) is 0.420. The molecule has 0 aliphatic heterocycles. The van der Waals surface area contributed by atoms with Crippen LogP contribution in [0.25, 0.3) is 22.0 Å². The Hall–Kier alpha value is -2.23. The van der Waals surface area contributed by atoms with Crippen molar-refractivity contribution in [2.24, 2.45) is 0 Å². The first kappa shape index (κ1) is 8.11. The SMILES string of the molecule is Nc1nocc1-c1cccc2[nH]ccc12. The van der Waals surface area contributed by atoms with Crippen molar-refractivity contribution in [3.63, 3.8) is 0 Å². The van der Waals surface area contributed by atoms with Crippen molar-refractivity contribution in [3.8, 4) is 11.1 Å². The monoisotopic (exact) mass is 199 g/mol. The van der Waals surface area contributed by atoms with E-state index in [1.165, 1.54) is 0 Å². The zero-order valence-corrected chi connectivity index (χ0v) is 7.90. The molecule has 2 aromatic heterocycles. The Balaban J connectivity index is 2.36. The molecule has 4 nitrogen and oxygen atoms in total. The lowest BCUT2D eigenvalue weighted by atomic mass is 10.0. The fourth-order valence-electron chi connectivity index (χ4n) is 1.77. The molecule has 0 unspecified atom stereocenters. The molecule has 0 atom stereocenters. The molecule has 0 saturated heterocycles. The Labute approximate surface area is 85.7 Å². The molecule has 1 aromatic carbocycles. The maximum atomic E-state index is 5.72. The number of nitrogen functional groups attached to an aromatic ring is 1. The normalized spacial score (nSPS) is 10.9. The summed E-state index contributed by atoms with van der Waals surface area (Å²) in [6, 6.07) is 8.00. The van der Waals surface area contributed by atoms with Gasteiger partial charge in [-0.25, -0.2) is 0 Å². The number of aromatic nitrogens is 2. The average molecular weight is 199 g/mol. The molecule has 0 aliphatic carbocycles. The number of nitrogens with two attached hydrogens (primary N) is 1. The van der Waals surface area contributed by atoms with Crippen molar-refractivity contribution >= 4 is 16.7 Å². The summed E-state index contributed by atoms with van der Waals surface area (Å²) in [5, 5.41) is 4.79. The van der Waals surface area contributed by atoms with Gasteiger partial charge < -0.3 is 15.2 Å². The summed E-state index contributed by atoms with van der Waals surface area (Å²) in [4.78, 5) is 3.15. The van der Waals surface area contributed by atoms with Gasteiger partial charge >= 0.3 is 0 Å². The van der Waals surface area contributed by atoms with Gasteiger partial charge in [0.25, 0.3) is 0 Å². The largest absolute Gasteiger partial charge is 0.380 e. The van der Waals surface area contributed by atoms with E-state index in [0.717, 1.165) is 22.0 Å². The Morgan fingerprint density at radius 1 is 1.20 bits per heavy atom. The second kappa shape index (κ2) is 2.88. The second-order valence-corrected chi connectivity index (χ2v) is 3.36. The maximum absolute atomic E-state index is 5.72. The molecule has 2 heterocycles. The van der Waals surface area contributed by atoms with Crippen molar-refractivity contribution < 1.29 is 4.52 Å². The zero-order valence-electron chi connectivity index (χ0n) is 7.90. The van der Waals surface area contributed by atoms with Gasteiger partial charge in [-0.3, -0.25) is 0 Å². The molecule has 0 fully saturated rings. The van der Waals surface area contributed by atoms with E-state index < -0.39 is 0 Å². The number of anilines is 1. The zero-order chi connectivity index (χ0) is 10.3. The Kier molecular flexibility index (Phi) is 1.56. The van der Waals surface area contributed by atoms with Crippen molar-refractivity contribution in [2.45, 2.75) is 0 Å². The van der Waals surface area contributed by atoms with Gasteiger partial charge in [0, 0.05) is 17.1 Å². The minimum absolute atomic E-state index is 0.420. The van der Waals surface area contributed by atoms with Crippen LogP contribution in [0.15, 0.2) is 41.2 Å². The molecule has 0 saturated carbocycles. The number of benzene rings is 1. The van der Waals surface area contributed by atoms with Gasteiger partial charge in [0.05, 0.1) is 5.56 Å². The first-order chi connectivity index (χ1) is 7.36. The van der Waals surface area contributed by atoms with Gasteiger partial charge in [-0.1, -0.05) is 17.3 Å². The van der Waals surface area contributed by atoms with Crippen molar-refractivity contribution in [1.82, 2.24) is 10.1 Å². The Bertz CT molecular complexity index is 609. The molecule has 0 spiro atoms. The topological polar surface area (TPSA) is 67.8 Å². The number of hydrogen-bond acceptors (Lipinski definition) is 3. The number of H-pyrrole nitrogens is 1. The van der Waals surface area contributed by atoms with Crippen molar-refractivity contribution in [3.05, 3.63) is 36.7 Å². The average Bonchev–Trinajstić information content (AvgIpc) is 2.85. The lowest BCUT2D eigenvalue weighted by molar-refractivity contribution is 0.423. The van der Waals surface area contributed by atoms with Gasteiger partial charge in [0.15, 0.2) is 5.82 Å². The van der Waals surface area contributed by atoms with Crippen LogP contribution >= 0.6 is 0 Å². The minimum atomic E-state index is 0.420. The molecule has 3 aromatic rings. The number of nitrogens with one attached hydrogen (secondary N) is 1. The Morgan fingerprint density at radius 3 is 2.93 bits per heavy atom. The van der Waals surface area contributed by atoms with E-state index in [2.05, 4.69) is 10.1 Å². The first-order valence-corrected chi connectivity index (χ1v) is 4.62. The predicted octanol–water partition coefficient (Wildman–Crippen LogP) is 2.41.